The molecular formula is C15H19NO5S. The van der Waals surface area contributed by atoms with E-state index in [0.717, 1.165) is 6.26 Å². The van der Waals surface area contributed by atoms with Crippen LogP contribution in [-0.2, 0) is 9.84 Å². The number of rotatable bonds is 6. The first-order valence-corrected chi connectivity index (χ1v) is 8.67. The Labute approximate surface area is 129 Å². The van der Waals surface area contributed by atoms with Crippen LogP contribution in [0.4, 0.5) is 0 Å². The van der Waals surface area contributed by atoms with Crippen molar-refractivity contribution >= 4 is 9.84 Å². The largest absolute Gasteiger partial charge is 0.494 e. The third-order valence-corrected chi connectivity index (χ3v) is 4.13. The molecule has 120 valence electrons. The van der Waals surface area contributed by atoms with Gasteiger partial charge in [-0.15, -0.1) is 0 Å². The van der Waals surface area contributed by atoms with E-state index in [1.165, 1.54) is 14.2 Å². The van der Waals surface area contributed by atoms with Crippen LogP contribution in [0.3, 0.4) is 0 Å². The number of nitrogens with zero attached hydrogens (tertiary/aromatic N) is 1. The highest BCUT2D eigenvalue weighted by molar-refractivity contribution is 7.90. The molecule has 0 fully saturated rings. The highest BCUT2D eigenvalue weighted by Crippen LogP contribution is 2.36. The van der Waals surface area contributed by atoms with Gasteiger partial charge in [0, 0.05) is 18.6 Å². The molecule has 0 spiro atoms. The Kier molecular flexibility index (Phi) is 4.77. The molecule has 0 amide bonds. The van der Waals surface area contributed by atoms with Gasteiger partial charge in [0.25, 0.3) is 0 Å². The smallest absolute Gasteiger partial charge is 0.150 e. The van der Waals surface area contributed by atoms with Crippen molar-refractivity contribution in [3.63, 3.8) is 0 Å². The van der Waals surface area contributed by atoms with Gasteiger partial charge in [-0.3, -0.25) is 0 Å². The van der Waals surface area contributed by atoms with Crippen molar-refractivity contribution in [1.29, 1.82) is 0 Å². The lowest BCUT2D eigenvalue weighted by Gasteiger charge is -2.18. The summed E-state index contributed by atoms with van der Waals surface area (Å²) in [5.41, 5.74) is 1.11. The SMILES string of the molecule is COc1cc(C(O)CS(C)(=O)=O)cc(OC)c1-n1cccc1. The molecule has 1 heterocycles. The molecule has 0 aliphatic carbocycles. The Morgan fingerprint density at radius 3 is 2.05 bits per heavy atom. The van der Waals surface area contributed by atoms with Gasteiger partial charge in [-0.25, -0.2) is 8.42 Å². The maximum atomic E-state index is 11.4. The molecule has 1 unspecified atom stereocenters. The number of sulfone groups is 1. The number of methoxy groups -OCH3 is 2. The highest BCUT2D eigenvalue weighted by Gasteiger charge is 2.20. The van der Waals surface area contributed by atoms with Crippen LogP contribution in [0.25, 0.3) is 5.69 Å². The van der Waals surface area contributed by atoms with Crippen molar-refractivity contribution in [1.82, 2.24) is 4.57 Å². The van der Waals surface area contributed by atoms with Gasteiger partial charge in [-0.2, -0.15) is 0 Å². The van der Waals surface area contributed by atoms with Gasteiger partial charge in [0.2, 0.25) is 0 Å². The van der Waals surface area contributed by atoms with Gasteiger partial charge in [-0.05, 0) is 29.8 Å². The van der Waals surface area contributed by atoms with Gasteiger partial charge >= 0.3 is 0 Å². The summed E-state index contributed by atoms with van der Waals surface area (Å²) in [6.45, 7) is 0. The molecule has 0 bridgehead atoms. The van der Waals surface area contributed by atoms with Gasteiger partial charge in [0.15, 0.2) is 0 Å². The average molecular weight is 325 g/mol. The summed E-state index contributed by atoms with van der Waals surface area (Å²) in [4.78, 5) is 0. The van der Waals surface area contributed by atoms with Crippen molar-refractivity contribution in [2.75, 3.05) is 26.2 Å². The van der Waals surface area contributed by atoms with Gasteiger partial charge in [0.05, 0.1) is 26.1 Å². The molecule has 0 radical (unpaired) electrons. The second kappa shape index (κ2) is 6.41. The van der Waals surface area contributed by atoms with E-state index in [4.69, 9.17) is 9.47 Å². The van der Waals surface area contributed by atoms with E-state index in [2.05, 4.69) is 0 Å². The van der Waals surface area contributed by atoms with E-state index < -0.39 is 15.9 Å². The van der Waals surface area contributed by atoms with Crippen LogP contribution < -0.4 is 9.47 Å². The molecule has 1 aromatic carbocycles. The zero-order chi connectivity index (χ0) is 16.3. The van der Waals surface area contributed by atoms with Crippen LogP contribution in [0.1, 0.15) is 11.7 Å². The fraction of sp³-hybridized carbons (Fsp3) is 0.333. The first-order valence-electron chi connectivity index (χ1n) is 6.60. The summed E-state index contributed by atoms with van der Waals surface area (Å²) in [5, 5.41) is 10.1. The summed E-state index contributed by atoms with van der Waals surface area (Å²) >= 11 is 0. The molecule has 1 atom stereocenters. The summed E-state index contributed by atoms with van der Waals surface area (Å²) in [6.07, 6.45) is 3.62. The predicted molar refractivity (Wildman–Crippen MR) is 83.5 cm³/mol. The molecule has 6 nitrogen and oxygen atoms in total. The Morgan fingerprint density at radius 2 is 1.64 bits per heavy atom. The quantitative estimate of drug-likeness (QED) is 0.872. The number of benzene rings is 1. The summed E-state index contributed by atoms with van der Waals surface area (Å²) in [7, 11) is -0.284. The standard InChI is InChI=1S/C15H19NO5S/c1-20-13-8-11(12(17)10-22(3,18)19)9-14(21-2)15(13)16-6-4-5-7-16/h4-9,12,17H,10H2,1-3H3. The van der Waals surface area contributed by atoms with Crippen LogP contribution >= 0.6 is 0 Å². The molecule has 22 heavy (non-hydrogen) atoms. The molecule has 7 heteroatoms. The fourth-order valence-corrected chi connectivity index (χ4v) is 2.99. The van der Waals surface area contributed by atoms with E-state index in [0.29, 0.717) is 22.7 Å². The Morgan fingerprint density at radius 1 is 1.14 bits per heavy atom. The number of hydrogen-bond donors (Lipinski definition) is 1. The number of aromatic nitrogens is 1. The Balaban J connectivity index is 2.52. The lowest BCUT2D eigenvalue weighted by Crippen LogP contribution is -2.13. The molecule has 0 aliphatic heterocycles. The maximum absolute atomic E-state index is 11.4. The van der Waals surface area contributed by atoms with Crippen LogP contribution in [0.2, 0.25) is 0 Å². The normalized spacial score (nSPS) is 12.9. The molecule has 2 rings (SSSR count). The first kappa shape index (κ1) is 16.4. The van der Waals surface area contributed by atoms with Crippen molar-refractivity contribution in [3.8, 4) is 17.2 Å². The maximum Gasteiger partial charge on any atom is 0.150 e. The first-order chi connectivity index (χ1) is 10.4. The van der Waals surface area contributed by atoms with E-state index in [9.17, 15) is 13.5 Å². The zero-order valence-corrected chi connectivity index (χ0v) is 13.5. The van der Waals surface area contributed by atoms with E-state index in [1.807, 2.05) is 29.1 Å². The average Bonchev–Trinajstić information content (AvgIpc) is 2.97. The number of ether oxygens (including phenoxy) is 2. The van der Waals surface area contributed by atoms with Crippen LogP contribution in [0, 0.1) is 0 Å². The number of hydrogen-bond acceptors (Lipinski definition) is 5. The van der Waals surface area contributed by atoms with E-state index in [1.54, 1.807) is 12.1 Å². The van der Waals surface area contributed by atoms with Crippen molar-refractivity contribution in [2.24, 2.45) is 0 Å². The topological polar surface area (TPSA) is 77.8 Å². The summed E-state index contributed by atoms with van der Waals surface area (Å²) < 4.78 is 35.3. The van der Waals surface area contributed by atoms with Crippen LogP contribution in [0.5, 0.6) is 11.5 Å². The number of aliphatic hydroxyl groups excluding tert-OH is 1. The summed E-state index contributed by atoms with van der Waals surface area (Å²) in [6, 6.07) is 6.97. The third-order valence-electron chi connectivity index (χ3n) is 3.21. The number of aliphatic hydroxyl groups is 1. The molecule has 2 aromatic rings. The van der Waals surface area contributed by atoms with Gasteiger partial charge in [0.1, 0.15) is 27.0 Å². The molecular weight excluding hydrogens is 306 g/mol. The molecule has 1 aromatic heterocycles. The molecule has 0 saturated carbocycles. The Hall–Kier alpha value is -1.99. The predicted octanol–water partition coefficient (Wildman–Crippen LogP) is 1.57. The fourth-order valence-electron chi connectivity index (χ4n) is 2.23. The lowest BCUT2D eigenvalue weighted by molar-refractivity contribution is 0.201. The van der Waals surface area contributed by atoms with Crippen molar-refractivity contribution < 1.29 is 23.0 Å². The van der Waals surface area contributed by atoms with E-state index >= 15 is 0 Å². The minimum absolute atomic E-state index is 0.359. The lowest BCUT2D eigenvalue weighted by atomic mass is 10.1. The van der Waals surface area contributed by atoms with Crippen molar-refractivity contribution in [2.45, 2.75) is 6.10 Å². The van der Waals surface area contributed by atoms with Gasteiger partial charge < -0.3 is 19.1 Å². The minimum Gasteiger partial charge on any atom is -0.494 e. The molecule has 0 saturated heterocycles. The van der Waals surface area contributed by atoms with Gasteiger partial charge in [-0.1, -0.05) is 0 Å². The summed E-state index contributed by atoms with van der Waals surface area (Å²) in [5.74, 6) is 0.610. The Bertz CT molecular complexity index is 712. The second-order valence-corrected chi connectivity index (χ2v) is 7.16. The van der Waals surface area contributed by atoms with Crippen LogP contribution in [0.15, 0.2) is 36.7 Å². The zero-order valence-electron chi connectivity index (χ0n) is 12.7. The third kappa shape index (κ3) is 3.61. The highest BCUT2D eigenvalue weighted by atomic mass is 32.2. The minimum atomic E-state index is -3.30. The second-order valence-electron chi connectivity index (χ2n) is 4.97. The van der Waals surface area contributed by atoms with Crippen molar-refractivity contribution in [3.05, 3.63) is 42.2 Å². The molecule has 0 aliphatic rings. The monoisotopic (exact) mass is 325 g/mol. The van der Waals surface area contributed by atoms with Crippen LogP contribution in [-0.4, -0.2) is 44.3 Å². The molecule has 1 N–H and O–H groups in total. The van der Waals surface area contributed by atoms with E-state index in [-0.39, 0.29) is 5.75 Å².